The molecule has 0 amide bonds. The lowest BCUT2D eigenvalue weighted by molar-refractivity contribution is 0.103. The predicted octanol–water partition coefficient (Wildman–Crippen LogP) is 1.50. The van der Waals surface area contributed by atoms with Gasteiger partial charge in [-0.3, -0.25) is 4.90 Å². The second-order valence-corrected chi connectivity index (χ2v) is 4.67. The molecule has 2 heterocycles. The van der Waals surface area contributed by atoms with Gasteiger partial charge in [0, 0.05) is 31.4 Å². The first kappa shape index (κ1) is 8.75. The zero-order valence-corrected chi connectivity index (χ0v) is 8.62. The predicted molar refractivity (Wildman–Crippen MR) is 52.4 cm³/mol. The Morgan fingerprint density at radius 1 is 1.31 bits per heavy atom. The van der Waals surface area contributed by atoms with Gasteiger partial charge in [0.2, 0.25) is 0 Å². The van der Waals surface area contributed by atoms with Crippen LogP contribution in [0.15, 0.2) is 12.5 Å². The summed E-state index contributed by atoms with van der Waals surface area (Å²) in [4.78, 5) is 6.65. The highest BCUT2D eigenvalue weighted by molar-refractivity contribution is 5.02. The number of fused-ring (bicyclic) bond motifs is 1. The SMILES string of the molecule is CC(C)(C)N1CCn2cncc2C1. The second kappa shape index (κ2) is 2.84. The maximum absolute atomic E-state index is 4.16. The van der Waals surface area contributed by atoms with Crippen LogP contribution in [0.2, 0.25) is 0 Å². The molecule has 72 valence electrons. The van der Waals surface area contributed by atoms with E-state index >= 15 is 0 Å². The first-order valence-corrected chi connectivity index (χ1v) is 4.81. The number of nitrogens with zero attached hydrogens (tertiary/aromatic N) is 3. The third kappa shape index (κ3) is 1.61. The largest absolute Gasteiger partial charge is 0.332 e. The summed E-state index contributed by atoms with van der Waals surface area (Å²) in [6.07, 6.45) is 3.90. The fourth-order valence-corrected chi connectivity index (χ4v) is 1.76. The molecule has 3 nitrogen and oxygen atoms in total. The van der Waals surface area contributed by atoms with E-state index in [-0.39, 0.29) is 5.54 Å². The van der Waals surface area contributed by atoms with E-state index in [4.69, 9.17) is 0 Å². The monoisotopic (exact) mass is 179 g/mol. The van der Waals surface area contributed by atoms with Gasteiger partial charge in [0.25, 0.3) is 0 Å². The summed E-state index contributed by atoms with van der Waals surface area (Å²) >= 11 is 0. The second-order valence-electron chi connectivity index (χ2n) is 4.67. The highest BCUT2D eigenvalue weighted by atomic mass is 15.3. The number of imidazole rings is 1. The molecule has 13 heavy (non-hydrogen) atoms. The van der Waals surface area contributed by atoms with Crippen molar-refractivity contribution in [3.05, 3.63) is 18.2 Å². The average Bonchev–Trinajstić information content (AvgIpc) is 2.47. The van der Waals surface area contributed by atoms with Gasteiger partial charge in [-0.05, 0) is 20.8 Å². The molecule has 1 aliphatic rings. The topological polar surface area (TPSA) is 21.1 Å². The van der Waals surface area contributed by atoms with E-state index < -0.39 is 0 Å². The minimum atomic E-state index is 0.273. The molecule has 0 spiro atoms. The average molecular weight is 179 g/mol. The summed E-state index contributed by atoms with van der Waals surface area (Å²) in [5, 5.41) is 0. The van der Waals surface area contributed by atoms with Gasteiger partial charge in [-0.25, -0.2) is 4.98 Å². The molecule has 1 aliphatic heterocycles. The van der Waals surface area contributed by atoms with Crippen LogP contribution in [0.5, 0.6) is 0 Å². The Morgan fingerprint density at radius 2 is 2.08 bits per heavy atom. The first-order valence-electron chi connectivity index (χ1n) is 4.81. The van der Waals surface area contributed by atoms with Crippen molar-refractivity contribution < 1.29 is 0 Å². The standard InChI is InChI=1S/C10H17N3/c1-10(2,3)13-5-4-12-8-11-6-9(12)7-13/h6,8H,4-5,7H2,1-3H3. The Morgan fingerprint density at radius 3 is 2.77 bits per heavy atom. The van der Waals surface area contributed by atoms with Crippen LogP contribution in [0.25, 0.3) is 0 Å². The quantitative estimate of drug-likeness (QED) is 0.601. The highest BCUT2D eigenvalue weighted by Gasteiger charge is 2.25. The molecular formula is C10H17N3. The Bertz CT molecular complexity index is 295. The smallest absolute Gasteiger partial charge is 0.0949 e. The number of rotatable bonds is 0. The molecule has 0 unspecified atom stereocenters. The van der Waals surface area contributed by atoms with Crippen LogP contribution in [0.4, 0.5) is 0 Å². The third-order valence-electron chi connectivity index (χ3n) is 2.71. The van der Waals surface area contributed by atoms with Crippen molar-refractivity contribution in [2.45, 2.75) is 39.4 Å². The third-order valence-corrected chi connectivity index (χ3v) is 2.71. The molecule has 0 bridgehead atoms. The summed E-state index contributed by atoms with van der Waals surface area (Å²) < 4.78 is 2.24. The van der Waals surface area contributed by atoms with E-state index in [9.17, 15) is 0 Å². The van der Waals surface area contributed by atoms with E-state index in [0.29, 0.717) is 0 Å². The Kier molecular flexibility index (Phi) is 1.91. The minimum absolute atomic E-state index is 0.273. The molecule has 1 aromatic heterocycles. The number of hydrogen-bond donors (Lipinski definition) is 0. The first-order chi connectivity index (χ1) is 6.07. The molecule has 0 saturated heterocycles. The van der Waals surface area contributed by atoms with Gasteiger partial charge in [-0.1, -0.05) is 0 Å². The van der Waals surface area contributed by atoms with Gasteiger partial charge < -0.3 is 4.57 Å². The van der Waals surface area contributed by atoms with Crippen molar-refractivity contribution in [1.82, 2.24) is 14.5 Å². The lowest BCUT2D eigenvalue weighted by atomic mass is 10.0. The molecule has 0 aliphatic carbocycles. The van der Waals surface area contributed by atoms with Crippen molar-refractivity contribution in [2.24, 2.45) is 0 Å². The summed E-state index contributed by atoms with van der Waals surface area (Å²) in [5.41, 5.74) is 1.61. The molecule has 2 rings (SSSR count). The van der Waals surface area contributed by atoms with Gasteiger partial charge in [-0.2, -0.15) is 0 Å². The van der Waals surface area contributed by atoms with Crippen LogP contribution >= 0.6 is 0 Å². The molecule has 0 N–H and O–H groups in total. The van der Waals surface area contributed by atoms with Gasteiger partial charge in [0.1, 0.15) is 0 Å². The number of aromatic nitrogens is 2. The fraction of sp³-hybridized carbons (Fsp3) is 0.700. The van der Waals surface area contributed by atoms with Crippen LogP contribution in [0.1, 0.15) is 26.5 Å². The van der Waals surface area contributed by atoms with Gasteiger partial charge in [0.05, 0.1) is 12.0 Å². The molecule has 0 fully saturated rings. The summed E-state index contributed by atoms with van der Waals surface area (Å²) in [5.74, 6) is 0. The molecule has 1 aromatic rings. The zero-order valence-electron chi connectivity index (χ0n) is 8.62. The van der Waals surface area contributed by atoms with E-state index in [0.717, 1.165) is 19.6 Å². The van der Waals surface area contributed by atoms with Gasteiger partial charge >= 0.3 is 0 Å². The van der Waals surface area contributed by atoms with Gasteiger partial charge in [-0.15, -0.1) is 0 Å². The Balaban J connectivity index is 2.18. The van der Waals surface area contributed by atoms with Crippen LogP contribution < -0.4 is 0 Å². The Labute approximate surface area is 79.4 Å². The summed E-state index contributed by atoms with van der Waals surface area (Å²) in [6, 6.07) is 0. The minimum Gasteiger partial charge on any atom is -0.332 e. The maximum Gasteiger partial charge on any atom is 0.0949 e. The summed E-state index contributed by atoms with van der Waals surface area (Å²) in [7, 11) is 0. The molecule has 0 atom stereocenters. The lowest BCUT2D eigenvalue weighted by Crippen LogP contribution is -2.45. The zero-order chi connectivity index (χ0) is 9.47. The molecular weight excluding hydrogens is 162 g/mol. The van der Waals surface area contributed by atoms with Gasteiger partial charge in [0.15, 0.2) is 0 Å². The molecule has 0 aromatic carbocycles. The van der Waals surface area contributed by atoms with Crippen molar-refractivity contribution >= 4 is 0 Å². The lowest BCUT2D eigenvalue weighted by Gasteiger charge is -2.38. The van der Waals surface area contributed by atoms with Crippen LogP contribution in [-0.4, -0.2) is 26.5 Å². The van der Waals surface area contributed by atoms with E-state index in [1.165, 1.54) is 5.69 Å². The molecule has 0 saturated carbocycles. The van der Waals surface area contributed by atoms with E-state index in [2.05, 4.69) is 35.2 Å². The van der Waals surface area contributed by atoms with Crippen LogP contribution in [0, 0.1) is 0 Å². The molecule has 0 radical (unpaired) electrons. The van der Waals surface area contributed by atoms with Crippen molar-refractivity contribution in [3.63, 3.8) is 0 Å². The van der Waals surface area contributed by atoms with E-state index in [1.807, 2.05) is 12.5 Å². The molecule has 3 heteroatoms. The maximum atomic E-state index is 4.16. The van der Waals surface area contributed by atoms with Crippen LogP contribution in [0.3, 0.4) is 0 Å². The highest BCUT2D eigenvalue weighted by Crippen LogP contribution is 2.20. The summed E-state index contributed by atoms with van der Waals surface area (Å²) in [6.45, 7) is 10.0. The van der Waals surface area contributed by atoms with Crippen molar-refractivity contribution in [2.75, 3.05) is 6.54 Å². The van der Waals surface area contributed by atoms with E-state index in [1.54, 1.807) is 0 Å². The van der Waals surface area contributed by atoms with Crippen molar-refractivity contribution in [3.8, 4) is 0 Å². The van der Waals surface area contributed by atoms with Crippen molar-refractivity contribution in [1.29, 1.82) is 0 Å². The Hall–Kier alpha value is -0.830. The van der Waals surface area contributed by atoms with Crippen LogP contribution in [-0.2, 0) is 13.1 Å². The fourth-order valence-electron chi connectivity index (χ4n) is 1.76. The normalized spacial score (nSPS) is 18.7. The number of hydrogen-bond acceptors (Lipinski definition) is 2.